The van der Waals surface area contributed by atoms with E-state index in [0.29, 0.717) is 39.5 Å². The van der Waals surface area contributed by atoms with Crippen molar-refractivity contribution in [1.29, 1.82) is 0 Å². The average molecular weight is 705 g/mol. The van der Waals surface area contributed by atoms with Crippen LogP contribution in [0.2, 0.25) is 0 Å². The molecule has 1 heterocycles. The van der Waals surface area contributed by atoms with E-state index in [1.165, 1.54) is 35.6 Å². The molecule has 1 aliphatic heterocycles. The maximum Gasteiger partial charge on any atom is 0.310 e. The molecule has 2 aromatic carbocycles. The van der Waals surface area contributed by atoms with Crippen LogP contribution in [-0.2, 0) is 33.3 Å². The molecule has 1 saturated heterocycles. The van der Waals surface area contributed by atoms with Gasteiger partial charge in [0.05, 0.1) is 46.1 Å². The number of benzene rings is 2. The van der Waals surface area contributed by atoms with E-state index in [1.54, 1.807) is 17.8 Å². The number of rotatable bonds is 21. The van der Waals surface area contributed by atoms with Crippen molar-refractivity contribution in [2.75, 3.05) is 64.9 Å². The summed E-state index contributed by atoms with van der Waals surface area (Å²) in [6.45, 7) is 4.46. The normalized spacial score (nSPS) is 16.6. The number of thioether (sulfide) groups is 1. The van der Waals surface area contributed by atoms with Gasteiger partial charge in [0.1, 0.15) is 19.0 Å². The van der Waals surface area contributed by atoms with E-state index in [9.17, 15) is 14.0 Å². The molecule has 256 valence electrons. The van der Waals surface area contributed by atoms with E-state index in [4.69, 9.17) is 23.7 Å². The molecule has 2 aliphatic rings. The third-order valence-electron chi connectivity index (χ3n) is 7.81. The highest BCUT2D eigenvalue weighted by molar-refractivity contribution is 8.77. The Morgan fingerprint density at radius 1 is 0.872 bits per heavy atom. The maximum atomic E-state index is 14.2. The smallest absolute Gasteiger partial charge is 0.310 e. The van der Waals surface area contributed by atoms with Gasteiger partial charge < -0.3 is 23.7 Å². The van der Waals surface area contributed by atoms with Crippen LogP contribution in [0.25, 0.3) is 17.2 Å². The van der Waals surface area contributed by atoms with Crippen molar-refractivity contribution in [1.82, 2.24) is 0 Å². The topological polar surface area (TPSA) is 80.3 Å². The van der Waals surface area contributed by atoms with Gasteiger partial charge in [-0.15, -0.1) is 11.8 Å². The molecule has 1 unspecified atom stereocenters. The van der Waals surface area contributed by atoms with Crippen molar-refractivity contribution < 1.29 is 37.7 Å². The molecule has 11 heteroatoms. The van der Waals surface area contributed by atoms with Crippen LogP contribution in [0, 0.1) is 5.82 Å². The third kappa shape index (κ3) is 12.9. The van der Waals surface area contributed by atoms with Crippen molar-refractivity contribution in [2.45, 2.75) is 55.6 Å². The van der Waals surface area contributed by atoms with E-state index < -0.39 is 0 Å². The summed E-state index contributed by atoms with van der Waals surface area (Å²) in [7, 11) is 3.92. The Hall–Kier alpha value is -2.28. The van der Waals surface area contributed by atoms with Crippen molar-refractivity contribution in [3.05, 3.63) is 70.5 Å². The van der Waals surface area contributed by atoms with E-state index in [-0.39, 0.29) is 44.0 Å². The fraction of sp³-hybridized carbons (Fsp3) is 0.500. The number of fused-ring (bicyclic) bond motifs is 1. The molecule has 0 amide bonds. The Bertz CT molecular complexity index is 1360. The molecule has 0 bridgehead atoms. The molecule has 1 aliphatic carbocycles. The minimum atomic E-state index is -0.388. The second-order valence-corrected chi connectivity index (χ2v) is 14.8. The lowest BCUT2D eigenvalue weighted by Crippen LogP contribution is -2.15. The first-order chi connectivity index (χ1) is 22.9. The van der Waals surface area contributed by atoms with E-state index in [1.807, 2.05) is 34.8 Å². The predicted octanol–water partition coefficient (Wildman–Crippen LogP) is 8.12. The predicted molar refractivity (Wildman–Crippen MR) is 191 cm³/mol. The van der Waals surface area contributed by atoms with Gasteiger partial charge in [-0.3, -0.25) is 9.59 Å². The molecule has 0 spiro atoms. The van der Waals surface area contributed by atoms with Gasteiger partial charge in [-0.05, 0) is 96.2 Å². The summed E-state index contributed by atoms with van der Waals surface area (Å²) in [4.78, 5) is 25.7. The highest BCUT2D eigenvalue weighted by Crippen LogP contribution is 2.44. The van der Waals surface area contributed by atoms with E-state index >= 15 is 0 Å². The molecule has 0 radical (unpaired) electrons. The highest BCUT2D eigenvalue weighted by Gasteiger charge is 2.26. The van der Waals surface area contributed by atoms with Crippen LogP contribution in [0.15, 0.2) is 52.9 Å². The van der Waals surface area contributed by atoms with E-state index in [2.05, 4.69) is 30.3 Å². The molecule has 47 heavy (non-hydrogen) atoms. The van der Waals surface area contributed by atoms with Crippen LogP contribution >= 0.6 is 33.3 Å². The molecular weight excluding hydrogens is 660 g/mol. The Balaban J connectivity index is 1.03. The number of ether oxygens (including phenoxy) is 5. The molecule has 0 saturated carbocycles. The summed E-state index contributed by atoms with van der Waals surface area (Å²) in [6, 6.07) is 13.0. The number of unbranched alkanes of at least 4 members (excludes halogenated alkanes) is 1. The van der Waals surface area contributed by atoms with Gasteiger partial charge in [0.2, 0.25) is 0 Å². The summed E-state index contributed by atoms with van der Waals surface area (Å²) in [5, 5.41) is 0.749. The van der Waals surface area contributed by atoms with Gasteiger partial charge in [-0.1, -0.05) is 46.2 Å². The summed E-state index contributed by atoms with van der Waals surface area (Å²) in [5.41, 5.74) is 5.36. The third-order valence-corrected chi connectivity index (χ3v) is 11.6. The number of hydrogen-bond acceptors (Lipinski definition) is 10. The maximum absolute atomic E-state index is 14.2. The first-order valence-electron chi connectivity index (χ1n) is 16.1. The monoisotopic (exact) mass is 704 g/mol. The molecule has 0 aromatic heterocycles. The van der Waals surface area contributed by atoms with Gasteiger partial charge in [0.25, 0.3) is 0 Å². The van der Waals surface area contributed by atoms with Crippen LogP contribution < -0.4 is 0 Å². The second-order valence-electron chi connectivity index (χ2n) is 11.2. The van der Waals surface area contributed by atoms with Crippen LogP contribution in [0.5, 0.6) is 0 Å². The van der Waals surface area contributed by atoms with Gasteiger partial charge in [0, 0.05) is 22.3 Å². The second kappa shape index (κ2) is 20.9. The first-order valence-corrected chi connectivity index (χ1v) is 19.7. The van der Waals surface area contributed by atoms with Crippen LogP contribution in [0.4, 0.5) is 4.39 Å². The van der Waals surface area contributed by atoms with E-state index in [0.717, 1.165) is 51.5 Å². The minimum absolute atomic E-state index is 0.0480. The van der Waals surface area contributed by atoms with Crippen molar-refractivity contribution in [2.24, 2.45) is 0 Å². The zero-order valence-corrected chi connectivity index (χ0v) is 29.7. The van der Waals surface area contributed by atoms with Crippen LogP contribution in [-0.4, -0.2) is 82.1 Å². The summed E-state index contributed by atoms with van der Waals surface area (Å²) >= 11 is 1.68. The van der Waals surface area contributed by atoms with Gasteiger partial charge >= 0.3 is 11.9 Å². The summed E-state index contributed by atoms with van der Waals surface area (Å²) in [5.74, 6) is 0.347. The number of carbonyl (C=O) groups excluding carboxylic acids is 2. The molecule has 4 rings (SSSR count). The quantitative estimate of drug-likeness (QED) is 0.0550. The van der Waals surface area contributed by atoms with Gasteiger partial charge in [-0.25, -0.2) is 4.39 Å². The lowest BCUT2D eigenvalue weighted by atomic mass is 10.0. The minimum Gasteiger partial charge on any atom is -0.463 e. The summed E-state index contributed by atoms with van der Waals surface area (Å²) < 4.78 is 41.3. The molecule has 1 atom stereocenters. The Labute approximate surface area is 290 Å². The SMILES string of the molecule is CSc1ccc(C=C2C(C)=C(CC(=O)OCCOCCOCCOCCOC(=O)CCCCC3CCSS3)c3cc(F)ccc32)cc1. The first kappa shape index (κ1) is 37.5. The number of carbonyl (C=O) groups is 2. The lowest BCUT2D eigenvalue weighted by molar-refractivity contribution is -0.145. The highest BCUT2D eigenvalue weighted by atomic mass is 33.1. The Morgan fingerprint density at radius 3 is 2.17 bits per heavy atom. The average Bonchev–Trinajstić information content (AvgIpc) is 3.68. The van der Waals surface area contributed by atoms with Crippen molar-refractivity contribution in [3.8, 4) is 0 Å². The van der Waals surface area contributed by atoms with Crippen LogP contribution in [0.3, 0.4) is 0 Å². The lowest BCUT2D eigenvalue weighted by Gasteiger charge is -2.09. The van der Waals surface area contributed by atoms with Gasteiger partial charge in [-0.2, -0.15) is 0 Å². The zero-order valence-electron chi connectivity index (χ0n) is 27.3. The number of allylic oxidation sites excluding steroid dienone is 2. The molecule has 0 N–H and O–H groups in total. The summed E-state index contributed by atoms with van der Waals surface area (Å²) in [6.07, 6.45) is 9.03. The number of hydrogen-bond donors (Lipinski definition) is 0. The number of halogens is 1. The molecule has 7 nitrogen and oxygen atoms in total. The van der Waals surface area contributed by atoms with Crippen molar-refractivity contribution >= 4 is 62.5 Å². The van der Waals surface area contributed by atoms with Crippen LogP contribution in [0.1, 0.15) is 62.1 Å². The largest absolute Gasteiger partial charge is 0.463 e. The zero-order chi connectivity index (χ0) is 33.3. The molecular formula is C36H45FO7S3. The van der Waals surface area contributed by atoms with Gasteiger partial charge in [0.15, 0.2) is 0 Å². The standard InChI is InChI=1S/C36H45FO7S3/c1-26-32(23-27-7-10-29(45-2)11-8-27)31-12-9-28(37)24-34(31)33(26)25-36(39)44-21-19-42-17-15-40-14-16-41-18-20-43-35(38)6-4-3-5-30-13-22-46-47-30/h7-12,23-24,30H,3-6,13-22,25H2,1-2H3. The fourth-order valence-electron chi connectivity index (χ4n) is 5.29. The molecule has 1 fully saturated rings. The molecule has 2 aromatic rings. The van der Waals surface area contributed by atoms with Crippen molar-refractivity contribution in [3.63, 3.8) is 0 Å². The Morgan fingerprint density at radius 2 is 1.53 bits per heavy atom. The Kier molecular flexibility index (Phi) is 16.7. The number of esters is 2. The fourth-order valence-corrected chi connectivity index (χ4v) is 8.73.